The molecule has 0 spiro atoms. The van der Waals surface area contributed by atoms with Crippen LogP contribution in [0.3, 0.4) is 0 Å². The maximum Gasteiger partial charge on any atom is 0.241 e. The van der Waals surface area contributed by atoms with Gasteiger partial charge in [0, 0.05) is 0 Å². The number of nitriles is 1. The monoisotopic (exact) mass is 296 g/mol. The highest BCUT2D eigenvalue weighted by Gasteiger charge is 2.33. The Hall–Kier alpha value is -1.58. The molecular weight excluding hydrogens is 276 g/mol. The Morgan fingerprint density at radius 3 is 2.30 bits per heavy atom. The average molecular weight is 296 g/mol. The molecule has 1 rings (SSSR count). The lowest BCUT2D eigenvalue weighted by Gasteiger charge is -2.26. The number of nitrogens with zero attached hydrogens (tertiary/aromatic N) is 1. The van der Waals surface area contributed by atoms with Crippen LogP contribution in [-0.2, 0) is 10.0 Å². The summed E-state index contributed by atoms with van der Waals surface area (Å²) >= 11 is 0. The Morgan fingerprint density at radius 1 is 1.35 bits per heavy atom. The lowest BCUT2D eigenvalue weighted by molar-refractivity contribution is 0.340. The summed E-state index contributed by atoms with van der Waals surface area (Å²) in [6, 6.07) is 8.14. The number of sulfonamides is 1. The van der Waals surface area contributed by atoms with Gasteiger partial charge in [-0.25, -0.2) is 8.42 Å². The van der Waals surface area contributed by atoms with E-state index in [1.165, 1.54) is 12.1 Å². The molecule has 0 aliphatic rings. The van der Waals surface area contributed by atoms with Gasteiger partial charge in [-0.2, -0.15) is 9.98 Å². The fraction of sp³-hybridized carbons (Fsp3) is 0.500. The summed E-state index contributed by atoms with van der Waals surface area (Å²) < 4.78 is 32.3. The van der Waals surface area contributed by atoms with Crippen molar-refractivity contribution in [2.24, 2.45) is 5.92 Å². The van der Waals surface area contributed by atoms with E-state index in [2.05, 4.69) is 4.72 Å². The molecule has 0 aliphatic carbocycles. The van der Waals surface area contributed by atoms with Crippen LogP contribution in [0.5, 0.6) is 5.75 Å². The minimum Gasteiger partial charge on any atom is -0.494 e. The van der Waals surface area contributed by atoms with Crippen molar-refractivity contribution in [3.05, 3.63) is 24.3 Å². The van der Waals surface area contributed by atoms with Gasteiger partial charge in [-0.3, -0.25) is 0 Å². The van der Waals surface area contributed by atoms with Crippen molar-refractivity contribution < 1.29 is 13.2 Å². The van der Waals surface area contributed by atoms with E-state index in [4.69, 9.17) is 4.74 Å². The number of hydrogen-bond acceptors (Lipinski definition) is 4. The average Bonchev–Trinajstić information content (AvgIpc) is 2.39. The van der Waals surface area contributed by atoms with Crippen molar-refractivity contribution in [1.82, 2.24) is 4.72 Å². The van der Waals surface area contributed by atoms with Crippen LogP contribution >= 0.6 is 0 Å². The van der Waals surface area contributed by atoms with Gasteiger partial charge in [0.2, 0.25) is 10.0 Å². The van der Waals surface area contributed by atoms with E-state index >= 15 is 0 Å². The van der Waals surface area contributed by atoms with Gasteiger partial charge >= 0.3 is 0 Å². The van der Waals surface area contributed by atoms with E-state index in [-0.39, 0.29) is 10.8 Å². The topological polar surface area (TPSA) is 79.2 Å². The third kappa shape index (κ3) is 3.71. The lowest BCUT2D eigenvalue weighted by atomic mass is 9.92. The van der Waals surface area contributed by atoms with Crippen LogP contribution in [-0.4, -0.2) is 20.6 Å². The van der Waals surface area contributed by atoms with E-state index in [9.17, 15) is 13.7 Å². The lowest BCUT2D eigenvalue weighted by Crippen LogP contribution is -2.48. The zero-order valence-corrected chi connectivity index (χ0v) is 13.0. The van der Waals surface area contributed by atoms with Crippen molar-refractivity contribution in [3.8, 4) is 11.8 Å². The largest absolute Gasteiger partial charge is 0.494 e. The van der Waals surface area contributed by atoms with E-state index < -0.39 is 15.6 Å². The molecule has 1 atom stereocenters. The van der Waals surface area contributed by atoms with E-state index in [1.54, 1.807) is 32.9 Å². The second kappa shape index (κ2) is 6.25. The summed E-state index contributed by atoms with van der Waals surface area (Å²) in [6.45, 7) is 7.54. The maximum atomic E-state index is 12.3. The quantitative estimate of drug-likeness (QED) is 0.873. The van der Waals surface area contributed by atoms with E-state index in [0.717, 1.165) is 0 Å². The molecule has 0 heterocycles. The predicted molar refractivity (Wildman–Crippen MR) is 76.8 cm³/mol. The molecule has 0 aliphatic heterocycles. The molecule has 0 fully saturated rings. The van der Waals surface area contributed by atoms with E-state index in [0.29, 0.717) is 12.4 Å². The molecule has 0 aromatic heterocycles. The highest BCUT2D eigenvalue weighted by Crippen LogP contribution is 2.21. The fourth-order valence-corrected chi connectivity index (χ4v) is 2.94. The molecule has 6 heteroatoms. The molecule has 20 heavy (non-hydrogen) atoms. The minimum atomic E-state index is -3.73. The fourth-order valence-electron chi connectivity index (χ4n) is 1.49. The van der Waals surface area contributed by atoms with Gasteiger partial charge in [-0.15, -0.1) is 0 Å². The van der Waals surface area contributed by atoms with Crippen LogP contribution in [0.25, 0.3) is 0 Å². The van der Waals surface area contributed by atoms with Crippen LogP contribution in [0, 0.1) is 17.2 Å². The first kappa shape index (κ1) is 16.5. The first-order valence-electron chi connectivity index (χ1n) is 6.43. The molecule has 1 N–H and O–H groups in total. The molecule has 110 valence electrons. The van der Waals surface area contributed by atoms with Crippen LogP contribution in [0.15, 0.2) is 29.2 Å². The van der Waals surface area contributed by atoms with Gasteiger partial charge in [0.05, 0.1) is 17.6 Å². The Morgan fingerprint density at radius 2 is 1.90 bits per heavy atom. The zero-order valence-electron chi connectivity index (χ0n) is 12.2. The Labute approximate surface area is 120 Å². The van der Waals surface area contributed by atoms with Gasteiger partial charge in [0.15, 0.2) is 0 Å². The van der Waals surface area contributed by atoms with Crippen LogP contribution in [0.2, 0.25) is 0 Å². The molecule has 0 radical (unpaired) electrons. The van der Waals surface area contributed by atoms with Crippen molar-refractivity contribution >= 4 is 10.0 Å². The molecular formula is C14H20N2O3S. The SMILES string of the molecule is CCOc1ccc(S(=O)(=O)N[C@](C)(C#N)C(C)C)cc1. The smallest absolute Gasteiger partial charge is 0.241 e. The molecule has 0 unspecified atom stereocenters. The Bertz CT molecular complexity index is 588. The number of rotatable bonds is 6. The van der Waals surface area contributed by atoms with Crippen LogP contribution in [0.4, 0.5) is 0 Å². The zero-order chi connectivity index (χ0) is 15.4. The van der Waals surface area contributed by atoms with Gasteiger partial charge < -0.3 is 4.74 Å². The van der Waals surface area contributed by atoms with Gasteiger partial charge in [0.25, 0.3) is 0 Å². The number of benzene rings is 1. The van der Waals surface area contributed by atoms with Crippen molar-refractivity contribution in [2.45, 2.75) is 38.1 Å². The van der Waals surface area contributed by atoms with Gasteiger partial charge in [0.1, 0.15) is 11.3 Å². The number of nitrogens with one attached hydrogen (secondary N) is 1. The van der Waals surface area contributed by atoms with Crippen molar-refractivity contribution in [2.75, 3.05) is 6.61 Å². The highest BCUT2D eigenvalue weighted by molar-refractivity contribution is 7.89. The van der Waals surface area contributed by atoms with Crippen LogP contribution < -0.4 is 9.46 Å². The minimum absolute atomic E-state index is 0.114. The summed E-state index contributed by atoms with van der Waals surface area (Å²) in [4.78, 5) is 0.114. The number of ether oxygens (including phenoxy) is 1. The highest BCUT2D eigenvalue weighted by atomic mass is 32.2. The first-order chi connectivity index (χ1) is 9.25. The Kier molecular flexibility index (Phi) is 5.15. The third-order valence-corrected chi connectivity index (χ3v) is 4.76. The standard InChI is InChI=1S/C14H20N2O3S/c1-5-19-12-6-8-13(9-7-12)20(17,18)16-14(4,10-15)11(2)3/h6-9,11,16H,5H2,1-4H3/t14-/m1/s1. The number of hydrogen-bond donors (Lipinski definition) is 1. The third-order valence-electron chi connectivity index (χ3n) is 3.18. The molecule has 1 aromatic rings. The molecule has 0 saturated carbocycles. The van der Waals surface area contributed by atoms with Gasteiger partial charge in [-0.1, -0.05) is 13.8 Å². The first-order valence-corrected chi connectivity index (χ1v) is 7.91. The summed E-state index contributed by atoms with van der Waals surface area (Å²) in [7, 11) is -3.73. The molecule has 0 saturated heterocycles. The maximum absolute atomic E-state index is 12.3. The second-order valence-corrected chi connectivity index (χ2v) is 6.66. The predicted octanol–water partition coefficient (Wildman–Crippen LogP) is 2.30. The summed E-state index contributed by atoms with van der Waals surface area (Å²) in [6.07, 6.45) is 0. The van der Waals surface area contributed by atoms with Crippen molar-refractivity contribution in [1.29, 1.82) is 5.26 Å². The van der Waals surface area contributed by atoms with Crippen LogP contribution in [0.1, 0.15) is 27.7 Å². The summed E-state index contributed by atoms with van der Waals surface area (Å²) in [5.41, 5.74) is -1.14. The van der Waals surface area contributed by atoms with Crippen molar-refractivity contribution in [3.63, 3.8) is 0 Å². The normalized spacial score (nSPS) is 14.6. The van der Waals surface area contributed by atoms with Gasteiger partial charge in [-0.05, 0) is 44.0 Å². The summed E-state index contributed by atoms with van der Waals surface area (Å²) in [5.74, 6) is 0.461. The van der Waals surface area contributed by atoms with E-state index in [1.807, 2.05) is 13.0 Å². The molecule has 0 bridgehead atoms. The summed E-state index contributed by atoms with van der Waals surface area (Å²) in [5, 5.41) is 9.18. The molecule has 5 nitrogen and oxygen atoms in total. The second-order valence-electron chi connectivity index (χ2n) is 4.98. The molecule has 0 amide bonds. The molecule has 1 aromatic carbocycles. The Balaban J connectivity index is 3.03.